The summed E-state index contributed by atoms with van der Waals surface area (Å²) < 4.78 is 23.4. The van der Waals surface area contributed by atoms with Crippen LogP contribution in [0.5, 0.6) is 0 Å². The van der Waals surface area contributed by atoms with Gasteiger partial charge in [-0.05, 0) is 42.9 Å². The lowest BCUT2D eigenvalue weighted by Crippen LogP contribution is -2.44. The molecule has 152 valence electrons. The summed E-state index contributed by atoms with van der Waals surface area (Å²) in [5, 5.41) is 9.42. The molecule has 1 atom stereocenters. The molecule has 28 heavy (non-hydrogen) atoms. The topological polar surface area (TPSA) is 112 Å². The number of piperidine rings is 1. The van der Waals surface area contributed by atoms with Gasteiger partial charge in [-0.3, -0.25) is 9.59 Å². The summed E-state index contributed by atoms with van der Waals surface area (Å²) in [5.41, 5.74) is 0.0270. The molecule has 0 radical (unpaired) electrons. The molecule has 1 N–H and O–H groups in total. The number of sulfone groups is 1. The number of rotatable bonds is 3. The van der Waals surface area contributed by atoms with Crippen molar-refractivity contribution < 1.29 is 27.9 Å². The first-order valence-electron chi connectivity index (χ1n) is 9.12. The first-order valence-corrected chi connectivity index (χ1v) is 11.0. The molecule has 1 spiro atoms. The SMILES string of the molecule is CC(=O)N1CC2(CCN(C(=O)c3cccc(S(C)(=O)=O)c3)CC2)CC1C(=O)O. The van der Waals surface area contributed by atoms with E-state index < -0.39 is 21.8 Å². The van der Waals surface area contributed by atoms with Crippen molar-refractivity contribution >= 4 is 27.6 Å². The molecule has 3 rings (SSSR count). The fourth-order valence-corrected chi connectivity index (χ4v) is 4.86. The maximum atomic E-state index is 12.8. The third-order valence-electron chi connectivity index (χ3n) is 5.82. The molecule has 0 aromatic heterocycles. The second kappa shape index (κ2) is 7.20. The molecule has 1 aromatic rings. The van der Waals surface area contributed by atoms with Crippen molar-refractivity contribution in [2.75, 3.05) is 25.9 Å². The highest BCUT2D eigenvalue weighted by molar-refractivity contribution is 7.90. The summed E-state index contributed by atoms with van der Waals surface area (Å²) in [6.07, 6.45) is 2.71. The number of hydrogen-bond acceptors (Lipinski definition) is 5. The minimum Gasteiger partial charge on any atom is -0.480 e. The normalized spacial score (nSPS) is 21.7. The van der Waals surface area contributed by atoms with Gasteiger partial charge in [-0.25, -0.2) is 13.2 Å². The number of carbonyl (C=O) groups is 3. The van der Waals surface area contributed by atoms with E-state index in [1.165, 1.54) is 24.0 Å². The molecule has 2 fully saturated rings. The van der Waals surface area contributed by atoms with Crippen molar-refractivity contribution in [1.82, 2.24) is 9.80 Å². The molecule has 1 unspecified atom stereocenters. The molecule has 0 saturated carbocycles. The van der Waals surface area contributed by atoms with Crippen LogP contribution in [0.25, 0.3) is 0 Å². The molecule has 0 aliphatic carbocycles. The van der Waals surface area contributed by atoms with Gasteiger partial charge in [-0.1, -0.05) is 6.07 Å². The van der Waals surface area contributed by atoms with E-state index in [9.17, 15) is 27.9 Å². The summed E-state index contributed by atoms with van der Waals surface area (Å²) in [7, 11) is -3.40. The number of benzene rings is 1. The smallest absolute Gasteiger partial charge is 0.326 e. The predicted molar refractivity (Wildman–Crippen MR) is 101 cm³/mol. The largest absolute Gasteiger partial charge is 0.480 e. The van der Waals surface area contributed by atoms with Crippen molar-refractivity contribution in [2.45, 2.75) is 37.1 Å². The van der Waals surface area contributed by atoms with Gasteiger partial charge >= 0.3 is 5.97 Å². The average molecular weight is 408 g/mol. The number of carboxylic acids is 1. The van der Waals surface area contributed by atoms with Crippen LogP contribution in [0, 0.1) is 5.41 Å². The van der Waals surface area contributed by atoms with Crippen LogP contribution in [0.1, 0.15) is 36.5 Å². The van der Waals surface area contributed by atoms with Crippen molar-refractivity contribution in [3.8, 4) is 0 Å². The van der Waals surface area contributed by atoms with Gasteiger partial charge in [0.25, 0.3) is 5.91 Å². The summed E-state index contributed by atoms with van der Waals surface area (Å²) in [4.78, 5) is 39.3. The molecule has 2 aliphatic heterocycles. The van der Waals surface area contributed by atoms with E-state index in [1.807, 2.05) is 0 Å². The van der Waals surface area contributed by atoms with Crippen molar-refractivity contribution in [1.29, 1.82) is 0 Å². The minimum atomic E-state index is -3.40. The third kappa shape index (κ3) is 3.89. The van der Waals surface area contributed by atoms with Gasteiger partial charge in [0, 0.05) is 38.4 Å². The zero-order valence-corrected chi connectivity index (χ0v) is 16.7. The van der Waals surface area contributed by atoms with E-state index in [1.54, 1.807) is 17.0 Å². The third-order valence-corrected chi connectivity index (χ3v) is 6.93. The van der Waals surface area contributed by atoms with Gasteiger partial charge in [0.2, 0.25) is 5.91 Å². The standard InChI is InChI=1S/C19H24N2O6S/c1-13(22)21-12-19(11-16(21)18(24)25)6-8-20(9-7-19)17(23)14-4-3-5-15(10-14)28(2,26)27/h3-5,10,16H,6-9,11-12H2,1-2H3,(H,24,25). The summed E-state index contributed by atoms with van der Waals surface area (Å²) in [6, 6.07) is 5.17. The Labute approximate surface area is 164 Å². The van der Waals surface area contributed by atoms with E-state index in [4.69, 9.17) is 0 Å². The Kier molecular flexibility index (Phi) is 5.22. The average Bonchev–Trinajstić information content (AvgIpc) is 3.01. The van der Waals surface area contributed by atoms with Gasteiger partial charge in [-0.2, -0.15) is 0 Å². The van der Waals surface area contributed by atoms with Crippen LogP contribution < -0.4 is 0 Å². The Morgan fingerprint density at radius 2 is 1.82 bits per heavy atom. The van der Waals surface area contributed by atoms with Gasteiger partial charge < -0.3 is 14.9 Å². The molecular weight excluding hydrogens is 384 g/mol. The summed E-state index contributed by atoms with van der Waals surface area (Å²) in [5.74, 6) is -1.49. The highest BCUT2D eigenvalue weighted by Crippen LogP contribution is 2.43. The molecule has 0 bridgehead atoms. The molecule has 1 aromatic carbocycles. The molecule has 2 saturated heterocycles. The highest BCUT2D eigenvalue weighted by atomic mass is 32.2. The van der Waals surface area contributed by atoms with Gasteiger partial charge in [0.1, 0.15) is 6.04 Å². The zero-order chi connectivity index (χ0) is 20.7. The lowest BCUT2D eigenvalue weighted by molar-refractivity contribution is -0.147. The van der Waals surface area contributed by atoms with Crippen LogP contribution in [0.2, 0.25) is 0 Å². The van der Waals surface area contributed by atoms with E-state index in [0.29, 0.717) is 44.5 Å². The summed E-state index contributed by atoms with van der Waals surface area (Å²) >= 11 is 0. The number of amides is 2. The number of carbonyl (C=O) groups excluding carboxylic acids is 2. The van der Waals surface area contributed by atoms with Crippen molar-refractivity contribution in [3.63, 3.8) is 0 Å². The molecule has 9 heteroatoms. The maximum absolute atomic E-state index is 12.8. The van der Waals surface area contributed by atoms with Gasteiger partial charge in [0.05, 0.1) is 4.90 Å². The lowest BCUT2D eigenvalue weighted by atomic mass is 9.76. The zero-order valence-electron chi connectivity index (χ0n) is 15.9. The molecule has 2 amide bonds. The van der Waals surface area contributed by atoms with Crippen LogP contribution in [0.4, 0.5) is 0 Å². The number of likely N-dealkylation sites (tertiary alicyclic amines) is 2. The van der Waals surface area contributed by atoms with Crippen molar-refractivity contribution in [2.24, 2.45) is 5.41 Å². The Hall–Kier alpha value is -2.42. The number of hydrogen-bond donors (Lipinski definition) is 1. The van der Waals surface area contributed by atoms with Crippen LogP contribution in [-0.4, -0.2) is 73.0 Å². The number of nitrogens with zero attached hydrogens (tertiary/aromatic N) is 2. The Morgan fingerprint density at radius 3 is 2.32 bits per heavy atom. The minimum absolute atomic E-state index is 0.101. The quantitative estimate of drug-likeness (QED) is 0.799. The Balaban J connectivity index is 1.71. The van der Waals surface area contributed by atoms with Crippen molar-refractivity contribution in [3.05, 3.63) is 29.8 Å². The molecule has 2 heterocycles. The molecule has 8 nitrogen and oxygen atoms in total. The molecular formula is C19H24N2O6S. The van der Waals surface area contributed by atoms with Crippen LogP contribution in [0.15, 0.2) is 29.2 Å². The number of aliphatic carboxylic acids is 1. The second-order valence-electron chi connectivity index (χ2n) is 7.80. The summed E-state index contributed by atoms with van der Waals surface area (Å²) in [6.45, 7) is 2.66. The maximum Gasteiger partial charge on any atom is 0.326 e. The Morgan fingerprint density at radius 1 is 1.18 bits per heavy atom. The van der Waals surface area contributed by atoms with Gasteiger partial charge in [0.15, 0.2) is 9.84 Å². The first-order chi connectivity index (χ1) is 13.0. The van der Waals surface area contributed by atoms with E-state index in [-0.39, 0.29) is 22.1 Å². The number of carboxylic acid groups (broad SMARTS) is 1. The fourth-order valence-electron chi connectivity index (χ4n) is 4.20. The Bertz CT molecular complexity index is 894. The van der Waals surface area contributed by atoms with Crippen LogP contribution in [0.3, 0.4) is 0 Å². The van der Waals surface area contributed by atoms with Gasteiger partial charge in [-0.15, -0.1) is 0 Å². The highest BCUT2D eigenvalue weighted by Gasteiger charge is 2.49. The van der Waals surface area contributed by atoms with Crippen LogP contribution >= 0.6 is 0 Å². The van der Waals surface area contributed by atoms with Crippen LogP contribution in [-0.2, 0) is 19.4 Å². The monoisotopic (exact) mass is 408 g/mol. The first kappa shape index (κ1) is 20.3. The predicted octanol–water partition coefficient (Wildman–Crippen LogP) is 1.02. The molecule has 2 aliphatic rings. The van der Waals surface area contributed by atoms with E-state index in [2.05, 4.69) is 0 Å². The van der Waals surface area contributed by atoms with E-state index >= 15 is 0 Å². The second-order valence-corrected chi connectivity index (χ2v) is 9.81. The van der Waals surface area contributed by atoms with E-state index in [0.717, 1.165) is 6.26 Å². The fraction of sp³-hybridized carbons (Fsp3) is 0.526. The lowest BCUT2D eigenvalue weighted by Gasteiger charge is -2.39.